The number of benzene rings is 1. The highest BCUT2D eigenvalue weighted by Gasteiger charge is 2.32. The van der Waals surface area contributed by atoms with Crippen LogP contribution in [-0.4, -0.2) is 37.5 Å². The van der Waals surface area contributed by atoms with E-state index >= 15 is 0 Å². The average Bonchev–Trinajstić information content (AvgIpc) is 3.34. The maximum atomic E-state index is 13.4. The average molecular weight is 557 g/mol. The van der Waals surface area contributed by atoms with Gasteiger partial charge in [-0.05, 0) is 61.7 Å². The van der Waals surface area contributed by atoms with Crippen LogP contribution in [-0.2, 0) is 28.5 Å². The van der Waals surface area contributed by atoms with Gasteiger partial charge in [-0.3, -0.25) is 9.78 Å². The zero-order valence-electron chi connectivity index (χ0n) is 21.1. The van der Waals surface area contributed by atoms with Crippen molar-refractivity contribution in [3.05, 3.63) is 77.9 Å². The number of hydrogen-bond donors (Lipinski definition) is 1. The summed E-state index contributed by atoms with van der Waals surface area (Å²) in [5, 5.41) is 2.33. The summed E-state index contributed by atoms with van der Waals surface area (Å²) in [5.74, 6) is -1.08. The van der Waals surface area contributed by atoms with E-state index in [0.29, 0.717) is 28.5 Å². The van der Waals surface area contributed by atoms with Crippen LogP contribution in [0.5, 0.6) is 0 Å². The molecule has 3 aromatic rings. The Balaban J connectivity index is 0.000000262. The van der Waals surface area contributed by atoms with E-state index in [4.69, 9.17) is 0 Å². The molecule has 12 heteroatoms. The first-order valence-electron chi connectivity index (χ1n) is 11.9. The molecule has 206 valence electrons. The van der Waals surface area contributed by atoms with E-state index in [-0.39, 0.29) is 18.1 Å². The SMILES string of the molecule is CC.CC1CCCN1S(=O)c1ccc(F)cc1.O=CNCc1cc(-c2ccc(C(F)(F)F)nc2)cc(F)n1. The zero-order valence-corrected chi connectivity index (χ0v) is 22.0. The Bertz CT molecular complexity index is 1190. The lowest BCUT2D eigenvalue weighted by Crippen LogP contribution is -2.28. The Kier molecular flexibility index (Phi) is 11.9. The van der Waals surface area contributed by atoms with Gasteiger partial charge in [0.25, 0.3) is 0 Å². The first kappa shape index (κ1) is 31.0. The third-order valence-corrected chi connectivity index (χ3v) is 6.97. The molecule has 0 radical (unpaired) electrons. The molecular formula is C26H29F5N4O2S. The third-order valence-electron chi connectivity index (χ3n) is 5.32. The van der Waals surface area contributed by atoms with E-state index in [1.165, 1.54) is 24.3 Å². The van der Waals surface area contributed by atoms with E-state index in [1.807, 2.05) is 18.2 Å². The predicted octanol–water partition coefficient (Wildman–Crippen LogP) is 5.91. The predicted molar refractivity (Wildman–Crippen MR) is 135 cm³/mol. The lowest BCUT2D eigenvalue weighted by molar-refractivity contribution is -0.141. The molecule has 0 bridgehead atoms. The van der Waals surface area contributed by atoms with Crippen LogP contribution in [0.25, 0.3) is 11.1 Å². The van der Waals surface area contributed by atoms with Crippen LogP contribution in [0, 0.1) is 11.8 Å². The van der Waals surface area contributed by atoms with Gasteiger partial charge in [-0.1, -0.05) is 19.9 Å². The molecule has 0 aliphatic carbocycles. The van der Waals surface area contributed by atoms with Gasteiger partial charge in [0.2, 0.25) is 12.4 Å². The van der Waals surface area contributed by atoms with Crippen molar-refractivity contribution >= 4 is 17.4 Å². The molecule has 4 rings (SSSR count). The van der Waals surface area contributed by atoms with Crippen LogP contribution in [0.3, 0.4) is 0 Å². The number of amides is 1. The normalized spacial score (nSPS) is 15.9. The fourth-order valence-corrected chi connectivity index (χ4v) is 4.89. The van der Waals surface area contributed by atoms with E-state index in [9.17, 15) is 31.0 Å². The minimum absolute atomic E-state index is 0.0162. The summed E-state index contributed by atoms with van der Waals surface area (Å²) in [7, 11) is -1.13. The van der Waals surface area contributed by atoms with Gasteiger partial charge in [0, 0.05) is 30.4 Å². The van der Waals surface area contributed by atoms with Crippen LogP contribution in [0.2, 0.25) is 0 Å². The van der Waals surface area contributed by atoms with Gasteiger partial charge in [-0.15, -0.1) is 0 Å². The summed E-state index contributed by atoms with van der Waals surface area (Å²) in [6, 6.07) is 10.8. The number of rotatable bonds is 6. The van der Waals surface area contributed by atoms with Crippen LogP contribution in [0.1, 0.15) is 45.0 Å². The monoisotopic (exact) mass is 556 g/mol. The molecule has 2 atom stereocenters. The molecular weight excluding hydrogens is 527 g/mol. The Morgan fingerprint density at radius 3 is 2.29 bits per heavy atom. The van der Waals surface area contributed by atoms with Crippen LogP contribution >= 0.6 is 0 Å². The summed E-state index contributed by atoms with van der Waals surface area (Å²) in [5.41, 5.74) is -0.135. The molecule has 1 amide bonds. The smallest absolute Gasteiger partial charge is 0.353 e. The molecule has 1 saturated heterocycles. The maximum absolute atomic E-state index is 13.4. The zero-order chi connectivity index (χ0) is 28.3. The van der Waals surface area contributed by atoms with E-state index in [1.54, 1.807) is 12.1 Å². The molecule has 1 aliphatic rings. The quantitative estimate of drug-likeness (QED) is 0.233. The van der Waals surface area contributed by atoms with Gasteiger partial charge < -0.3 is 5.32 Å². The molecule has 6 nitrogen and oxygen atoms in total. The van der Waals surface area contributed by atoms with Crippen LogP contribution < -0.4 is 5.32 Å². The molecule has 2 aromatic heterocycles. The first-order chi connectivity index (χ1) is 18.1. The fourth-order valence-electron chi connectivity index (χ4n) is 3.53. The number of pyridine rings is 2. The molecule has 1 fully saturated rings. The van der Waals surface area contributed by atoms with Crippen molar-refractivity contribution in [1.82, 2.24) is 19.6 Å². The summed E-state index contributed by atoms with van der Waals surface area (Å²) in [4.78, 5) is 17.8. The van der Waals surface area contributed by atoms with Crippen molar-refractivity contribution in [2.75, 3.05) is 6.54 Å². The number of aromatic nitrogens is 2. The molecule has 1 N–H and O–H groups in total. The Labute approximate surface area is 220 Å². The van der Waals surface area contributed by atoms with Gasteiger partial charge in [0.1, 0.15) is 22.5 Å². The van der Waals surface area contributed by atoms with Crippen molar-refractivity contribution in [3.8, 4) is 11.1 Å². The number of carbonyl (C=O) groups is 1. The van der Waals surface area contributed by atoms with Crippen molar-refractivity contribution in [1.29, 1.82) is 0 Å². The van der Waals surface area contributed by atoms with E-state index < -0.39 is 28.8 Å². The summed E-state index contributed by atoms with van der Waals surface area (Å²) in [6.07, 6.45) is -0.900. The van der Waals surface area contributed by atoms with Gasteiger partial charge in [0.15, 0.2) is 0 Å². The highest BCUT2D eigenvalue weighted by atomic mass is 32.2. The highest BCUT2D eigenvalue weighted by Crippen LogP contribution is 2.29. The Hall–Kier alpha value is -3.25. The van der Waals surface area contributed by atoms with Gasteiger partial charge in [0.05, 0.1) is 17.1 Å². The maximum Gasteiger partial charge on any atom is 0.433 e. The number of hydrogen-bond acceptors (Lipinski definition) is 4. The number of nitrogens with one attached hydrogen (secondary N) is 1. The number of halogens is 5. The summed E-state index contributed by atoms with van der Waals surface area (Å²) < 4.78 is 77.4. The molecule has 1 aromatic carbocycles. The second kappa shape index (κ2) is 14.6. The molecule has 3 heterocycles. The second-order valence-corrected chi connectivity index (χ2v) is 9.37. The van der Waals surface area contributed by atoms with Gasteiger partial charge in [-0.25, -0.2) is 17.9 Å². The summed E-state index contributed by atoms with van der Waals surface area (Å²) in [6.45, 7) is 6.96. The van der Waals surface area contributed by atoms with E-state index in [2.05, 4.69) is 22.2 Å². The third kappa shape index (κ3) is 8.95. The van der Waals surface area contributed by atoms with Crippen molar-refractivity contribution in [2.24, 2.45) is 0 Å². The minimum atomic E-state index is -4.53. The summed E-state index contributed by atoms with van der Waals surface area (Å²) >= 11 is 0. The first-order valence-corrected chi connectivity index (χ1v) is 13.0. The molecule has 0 saturated carbocycles. The van der Waals surface area contributed by atoms with Crippen molar-refractivity contribution in [2.45, 2.75) is 57.3 Å². The molecule has 2 unspecified atom stereocenters. The lowest BCUT2D eigenvalue weighted by atomic mass is 10.1. The van der Waals surface area contributed by atoms with Gasteiger partial charge in [-0.2, -0.15) is 17.6 Å². The standard InChI is InChI=1S/C13H9F4N3O.C11H14FNOS.C2H6/c14-12-4-9(3-10(20-12)6-18-7-21)8-1-2-11(19-5-8)13(15,16)17;1-9-3-2-8-13(9)15(14)11-6-4-10(12)5-7-11;1-2/h1-5,7H,6H2,(H,18,21);4-7,9H,2-3,8H2,1H3;1-2H3. The second-order valence-electron chi connectivity index (χ2n) is 7.93. The Morgan fingerprint density at radius 2 is 1.76 bits per heavy atom. The minimum Gasteiger partial charge on any atom is -0.353 e. The molecule has 1 aliphatic heterocycles. The topological polar surface area (TPSA) is 75.2 Å². The molecule has 38 heavy (non-hydrogen) atoms. The Morgan fingerprint density at radius 1 is 1.08 bits per heavy atom. The van der Waals surface area contributed by atoms with Gasteiger partial charge >= 0.3 is 6.18 Å². The largest absolute Gasteiger partial charge is 0.433 e. The number of carbonyl (C=O) groups excluding carboxylic acids is 1. The fraction of sp³-hybridized carbons (Fsp3) is 0.346. The molecule has 0 spiro atoms. The lowest BCUT2D eigenvalue weighted by Gasteiger charge is -2.19. The van der Waals surface area contributed by atoms with Crippen LogP contribution in [0.4, 0.5) is 22.0 Å². The van der Waals surface area contributed by atoms with Crippen molar-refractivity contribution in [3.63, 3.8) is 0 Å². The van der Waals surface area contributed by atoms with E-state index in [0.717, 1.165) is 37.7 Å². The van der Waals surface area contributed by atoms with Crippen molar-refractivity contribution < 1.29 is 31.0 Å². The highest BCUT2D eigenvalue weighted by molar-refractivity contribution is 7.82. The number of nitrogens with zero attached hydrogens (tertiary/aromatic N) is 3. The van der Waals surface area contributed by atoms with Crippen LogP contribution in [0.15, 0.2) is 59.6 Å². The number of alkyl halides is 3.